The van der Waals surface area contributed by atoms with Gasteiger partial charge in [-0.1, -0.05) is 37.9 Å². The number of hydrogen-bond acceptors (Lipinski definition) is 2. The SMILES string of the molecule is CC[C@@H](C)C(O)c1ccc(OC2CC2)c(Cl)c1. The summed E-state index contributed by atoms with van der Waals surface area (Å²) in [5.41, 5.74) is 0.868. The summed E-state index contributed by atoms with van der Waals surface area (Å²) in [5, 5.41) is 10.7. The number of aliphatic hydroxyl groups excluding tert-OH is 1. The highest BCUT2D eigenvalue weighted by atomic mass is 35.5. The zero-order valence-corrected chi connectivity index (χ0v) is 11.1. The minimum absolute atomic E-state index is 0.237. The van der Waals surface area contributed by atoms with Crippen LogP contribution in [0.4, 0.5) is 0 Å². The van der Waals surface area contributed by atoms with Gasteiger partial charge in [0, 0.05) is 0 Å². The summed E-state index contributed by atoms with van der Waals surface area (Å²) in [6.07, 6.45) is 3.07. The predicted molar refractivity (Wildman–Crippen MR) is 69.5 cm³/mol. The van der Waals surface area contributed by atoms with Gasteiger partial charge in [-0.2, -0.15) is 0 Å². The van der Waals surface area contributed by atoms with E-state index in [0.29, 0.717) is 11.1 Å². The fraction of sp³-hybridized carbons (Fsp3) is 0.571. The van der Waals surface area contributed by atoms with Gasteiger partial charge in [-0.15, -0.1) is 0 Å². The van der Waals surface area contributed by atoms with Crippen LogP contribution in [-0.2, 0) is 0 Å². The molecule has 0 saturated heterocycles. The summed E-state index contributed by atoms with van der Waals surface area (Å²) in [7, 11) is 0. The maximum Gasteiger partial charge on any atom is 0.138 e. The second-order valence-electron chi connectivity index (χ2n) is 4.84. The number of halogens is 1. The zero-order chi connectivity index (χ0) is 12.4. The molecule has 0 amide bonds. The van der Waals surface area contributed by atoms with Gasteiger partial charge in [0.2, 0.25) is 0 Å². The summed E-state index contributed by atoms with van der Waals surface area (Å²) in [4.78, 5) is 0. The Kier molecular flexibility index (Phi) is 3.95. The van der Waals surface area contributed by atoms with E-state index < -0.39 is 6.10 Å². The summed E-state index contributed by atoms with van der Waals surface area (Å²) < 4.78 is 5.66. The molecule has 1 aromatic rings. The van der Waals surface area contributed by atoms with Crippen LogP contribution in [0.2, 0.25) is 5.02 Å². The third kappa shape index (κ3) is 3.14. The Morgan fingerprint density at radius 3 is 2.71 bits per heavy atom. The lowest BCUT2D eigenvalue weighted by Crippen LogP contribution is -2.08. The van der Waals surface area contributed by atoms with E-state index in [0.717, 1.165) is 30.6 Å². The second-order valence-corrected chi connectivity index (χ2v) is 5.24. The van der Waals surface area contributed by atoms with Gasteiger partial charge >= 0.3 is 0 Å². The van der Waals surface area contributed by atoms with Crippen LogP contribution in [0.3, 0.4) is 0 Å². The van der Waals surface area contributed by atoms with Gasteiger partial charge in [-0.05, 0) is 36.5 Å². The highest BCUT2D eigenvalue weighted by Crippen LogP contribution is 2.34. The maximum absolute atomic E-state index is 10.1. The van der Waals surface area contributed by atoms with Gasteiger partial charge in [0.15, 0.2) is 0 Å². The first-order chi connectivity index (χ1) is 8.11. The normalized spacial score (nSPS) is 18.8. The Morgan fingerprint density at radius 1 is 1.47 bits per heavy atom. The molecule has 1 fully saturated rings. The molecule has 0 radical (unpaired) electrons. The molecule has 0 heterocycles. The summed E-state index contributed by atoms with van der Waals surface area (Å²) >= 11 is 6.16. The Bertz CT molecular complexity index is 388. The first kappa shape index (κ1) is 12.7. The van der Waals surface area contributed by atoms with Crippen LogP contribution < -0.4 is 4.74 Å². The van der Waals surface area contributed by atoms with E-state index in [4.69, 9.17) is 16.3 Å². The molecule has 2 nitrogen and oxygen atoms in total. The maximum atomic E-state index is 10.1. The standard InChI is InChI=1S/C14H19ClO2/c1-3-9(2)14(16)10-4-7-13(12(15)8-10)17-11-5-6-11/h4,7-9,11,14,16H,3,5-6H2,1-2H3/t9-,14?/m1/s1. The fourth-order valence-corrected chi connectivity index (χ4v) is 1.95. The molecule has 1 aromatic carbocycles. The molecule has 17 heavy (non-hydrogen) atoms. The van der Waals surface area contributed by atoms with E-state index in [1.165, 1.54) is 0 Å². The van der Waals surface area contributed by atoms with Crippen molar-refractivity contribution >= 4 is 11.6 Å². The number of aliphatic hydroxyl groups is 1. The van der Waals surface area contributed by atoms with E-state index in [-0.39, 0.29) is 5.92 Å². The minimum atomic E-state index is -0.451. The third-order valence-electron chi connectivity index (χ3n) is 3.30. The fourth-order valence-electron chi connectivity index (χ4n) is 1.71. The molecule has 3 heteroatoms. The topological polar surface area (TPSA) is 29.5 Å². The average molecular weight is 255 g/mol. The smallest absolute Gasteiger partial charge is 0.138 e. The predicted octanol–water partition coefficient (Wildman–Crippen LogP) is 3.96. The molecule has 0 spiro atoms. The third-order valence-corrected chi connectivity index (χ3v) is 3.59. The molecule has 2 rings (SSSR count). The molecule has 1 saturated carbocycles. The number of rotatable bonds is 5. The van der Waals surface area contributed by atoms with Crippen molar-refractivity contribution < 1.29 is 9.84 Å². The van der Waals surface area contributed by atoms with E-state index in [1.807, 2.05) is 25.1 Å². The van der Waals surface area contributed by atoms with Crippen molar-refractivity contribution in [2.45, 2.75) is 45.3 Å². The number of hydrogen-bond donors (Lipinski definition) is 1. The van der Waals surface area contributed by atoms with Gasteiger partial charge < -0.3 is 9.84 Å². The molecule has 1 aliphatic carbocycles. The molecule has 2 atom stereocenters. The minimum Gasteiger partial charge on any atom is -0.489 e. The Morgan fingerprint density at radius 2 is 2.18 bits per heavy atom. The van der Waals surface area contributed by atoms with E-state index in [9.17, 15) is 5.11 Å². The molecular weight excluding hydrogens is 236 g/mol. The van der Waals surface area contributed by atoms with E-state index >= 15 is 0 Å². The van der Waals surface area contributed by atoms with Gasteiger partial charge in [0.05, 0.1) is 17.2 Å². The van der Waals surface area contributed by atoms with Gasteiger partial charge in [0.1, 0.15) is 5.75 Å². The second kappa shape index (κ2) is 5.28. The van der Waals surface area contributed by atoms with Crippen molar-refractivity contribution in [3.63, 3.8) is 0 Å². The van der Waals surface area contributed by atoms with E-state index in [2.05, 4.69) is 6.92 Å². The van der Waals surface area contributed by atoms with Crippen LogP contribution in [0.5, 0.6) is 5.75 Å². The molecule has 0 aromatic heterocycles. The highest BCUT2D eigenvalue weighted by molar-refractivity contribution is 6.32. The Labute approximate surface area is 108 Å². The van der Waals surface area contributed by atoms with Gasteiger partial charge in [-0.3, -0.25) is 0 Å². The van der Waals surface area contributed by atoms with Crippen molar-refractivity contribution in [2.24, 2.45) is 5.92 Å². The lowest BCUT2D eigenvalue weighted by molar-refractivity contribution is 0.115. The summed E-state index contributed by atoms with van der Waals surface area (Å²) in [5.74, 6) is 0.968. The molecule has 94 valence electrons. The van der Waals surface area contributed by atoms with Gasteiger partial charge in [0.25, 0.3) is 0 Å². The molecule has 1 N–H and O–H groups in total. The first-order valence-corrected chi connectivity index (χ1v) is 6.63. The summed E-state index contributed by atoms with van der Waals surface area (Å²) in [6, 6.07) is 5.58. The van der Waals surface area contributed by atoms with Gasteiger partial charge in [-0.25, -0.2) is 0 Å². The number of benzene rings is 1. The molecule has 1 unspecified atom stereocenters. The largest absolute Gasteiger partial charge is 0.489 e. The lowest BCUT2D eigenvalue weighted by Gasteiger charge is -2.18. The molecule has 1 aliphatic rings. The highest BCUT2D eigenvalue weighted by Gasteiger charge is 2.25. The van der Waals surface area contributed by atoms with Crippen molar-refractivity contribution in [1.82, 2.24) is 0 Å². The Hall–Kier alpha value is -0.730. The van der Waals surface area contributed by atoms with Crippen LogP contribution >= 0.6 is 11.6 Å². The molecule has 0 aliphatic heterocycles. The average Bonchev–Trinajstić information content (AvgIpc) is 3.13. The van der Waals surface area contributed by atoms with Crippen LogP contribution in [0, 0.1) is 5.92 Å². The first-order valence-electron chi connectivity index (χ1n) is 6.26. The lowest BCUT2D eigenvalue weighted by atomic mass is 9.95. The van der Waals surface area contributed by atoms with Crippen molar-refractivity contribution in [3.8, 4) is 5.75 Å². The van der Waals surface area contributed by atoms with Crippen LogP contribution in [0.15, 0.2) is 18.2 Å². The van der Waals surface area contributed by atoms with Crippen molar-refractivity contribution in [2.75, 3.05) is 0 Å². The van der Waals surface area contributed by atoms with E-state index in [1.54, 1.807) is 0 Å². The van der Waals surface area contributed by atoms with Crippen molar-refractivity contribution in [3.05, 3.63) is 28.8 Å². The summed E-state index contributed by atoms with van der Waals surface area (Å²) in [6.45, 7) is 4.10. The Balaban J connectivity index is 2.11. The molecule has 0 bridgehead atoms. The quantitative estimate of drug-likeness (QED) is 0.862. The van der Waals surface area contributed by atoms with Crippen molar-refractivity contribution in [1.29, 1.82) is 0 Å². The van der Waals surface area contributed by atoms with Crippen LogP contribution in [0.25, 0.3) is 0 Å². The monoisotopic (exact) mass is 254 g/mol. The number of ether oxygens (including phenoxy) is 1. The zero-order valence-electron chi connectivity index (χ0n) is 10.3. The van der Waals surface area contributed by atoms with Crippen LogP contribution in [-0.4, -0.2) is 11.2 Å². The van der Waals surface area contributed by atoms with Crippen LogP contribution in [0.1, 0.15) is 44.8 Å². The molecular formula is C14H19ClO2.